The number of aliphatic hydroxyl groups excluding tert-OH is 1. The van der Waals surface area contributed by atoms with E-state index in [0.29, 0.717) is 35.0 Å². The van der Waals surface area contributed by atoms with E-state index >= 15 is 0 Å². The number of nitrogens with zero attached hydrogens (tertiary/aromatic N) is 2. The lowest BCUT2D eigenvalue weighted by atomic mass is 9.62. The summed E-state index contributed by atoms with van der Waals surface area (Å²) >= 11 is 0. The lowest BCUT2D eigenvalue weighted by Crippen LogP contribution is -2.48. The van der Waals surface area contributed by atoms with Crippen LogP contribution >= 0.6 is 0 Å². The maximum absolute atomic E-state index is 14.5. The number of fused-ring (bicyclic) bond motifs is 7. The van der Waals surface area contributed by atoms with E-state index in [0.717, 1.165) is 12.0 Å². The average Bonchev–Trinajstić information content (AvgIpc) is 3.66. The zero-order chi connectivity index (χ0) is 27.8. The number of ketones is 1. The molecule has 1 heterocycles. The van der Waals surface area contributed by atoms with Crippen LogP contribution in [0.5, 0.6) is 5.88 Å². The van der Waals surface area contributed by atoms with Crippen molar-refractivity contribution in [3.63, 3.8) is 0 Å². The summed E-state index contributed by atoms with van der Waals surface area (Å²) in [5.74, 6) is 1.54. The molecule has 4 aliphatic carbocycles. The predicted molar refractivity (Wildman–Crippen MR) is 157 cm³/mol. The molecule has 7 atom stereocenters. The van der Waals surface area contributed by atoms with Gasteiger partial charge in [0, 0.05) is 17.4 Å². The van der Waals surface area contributed by atoms with Crippen molar-refractivity contribution >= 4 is 24.8 Å². The van der Waals surface area contributed by atoms with Gasteiger partial charge in [0.15, 0.2) is 11.5 Å². The van der Waals surface area contributed by atoms with Gasteiger partial charge in [0.05, 0.1) is 14.1 Å². The van der Waals surface area contributed by atoms with Crippen LogP contribution in [0.25, 0.3) is 5.76 Å². The highest BCUT2D eigenvalue weighted by atomic mass is 28.3. The van der Waals surface area contributed by atoms with Crippen molar-refractivity contribution in [3.8, 4) is 5.88 Å². The highest BCUT2D eigenvalue weighted by molar-refractivity contribution is 6.91. The zero-order valence-corrected chi connectivity index (χ0v) is 24.5. The van der Waals surface area contributed by atoms with Gasteiger partial charge >= 0.3 is 0 Å². The molecule has 2 saturated carbocycles. The standard InChI is InChI=1S/C33H36N2O4Si/c1-35(2)28-24-17-23-21-15-16-22(32(21)40(3,4)20-13-9-6-10-14-20)25(23)29(36)26(24)30(37)27-31(28)39-34-33(27)38-18-19-11-7-5-8-12-19/h5-16,21-25,28,32,37H,17-18H2,1-4H3/t21?,22?,23-,24+,25+,28+,32?/m0/s1. The van der Waals surface area contributed by atoms with Gasteiger partial charge in [0.25, 0.3) is 5.88 Å². The minimum absolute atomic E-state index is 0.00581. The molecular formula is C33H36N2O4Si. The number of ether oxygens (including phenoxy) is 1. The number of benzene rings is 2. The van der Waals surface area contributed by atoms with E-state index in [9.17, 15) is 9.90 Å². The predicted octanol–water partition coefficient (Wildman–Crippen LogP) is 5.76. The summed E-state index contributed by atoms with van der Waals surface area (Å²) < 4.78 is 11.9. The largest absolute Gasteiger partial charge is 0.507 e. The van der Waals surface area contributed by atoms with E-state index in [1.165, 1.54) is 5.19 Å². The number of Topliss-reactive ketones (excluding diaryl/α,β-unsaturated/α-hetero) is 1. The van der Waals surface area contributed by atoms with Gasteiger partial charge in [-0.1, -0.05) is 91.1 Å². The number of hydrogen-bond acceptors (Lipinski definition) is 6. The fourth-order valence-corrected chi connectivity index (χ4v) is 12.6. The molecule has 40 heavy (non-hydrogen) atoms. The van der Waals surface area contributed by atoms with E-state index < -0.39 is 8.07 Å². The first-order valence-electron chi connectivity index (χ1n) is 14.3. The molecule has 4 aliphatic rings. The fourth-order valence-electron chi connectivity index (χ4n) is 8.52. The van der Waals surface area contributed by atoms with Gasteiger partial charge in [-0.15, -0.1) is 0 Å². The monoisotopic (exact) mass is 552 g/mol. The second-order valence-electron chi connectivity index (χ2n) is 12.7. The zero-order valence-electron chi connectivity index (χ0n) is 23.5. The van der Waals surface area contributed by atoms with Gasteiger partial charge in [0.2, 0.25) is 0 Å². The minimum atomic E-state index is -1.89. The molecule has 0 aliphatic heterocycles. The Bertz CT molecular complexity index is 1510. The number of allylic oxidation sites excluding steroid dienone is 2. The molecule has 1 aromatic heterocycles. The second-order valence-corrected chi connectivity index (χ2v) is 17.4. The van der Waals surface area contributed by atoms with E-state index in [-0.39, 0.29) is 47.1 Å². The molecule has 2 aromatic carbocycles. The normalized spacial score (nSPS) is 30.4. The van der Waals surface area contributed by atoms with Gasteiger partial charge < -0.3 is 14.4 Å². The summed E-state index contributed by atoms with van der Waals surface area (Å²) in [5, 5.41) is 17.4. The van der Waals surface area contributed by atoms with Crippen LogP contribution in [0.15, 0.2) is 82.9 Å². The first-order valence-corrected chi connectivity index (χ1v) is 17.4. The summed E-state index contributed by atoms with van der Waals surface area (Å²) in [6.45, 7) is 5.22. The van der Waals surface area contributed by atoms with E-state index in [2.05, 4.69) is 65.6 Å². The molecule has 1 N–H and O–H groups in total. The van der Waals surface area contributed by atoms with Crippen molar-refractivity contribution in [1.29, 1.82) is 0 Å². The highest BCUT2D eigenvalue weighted by Gasteiger charge is 2.63. The maximum atomic E-state index is 14.5. The first-order chi connectivity index (χ1) is 19.3. The fraction of sp³-hybridized carbons (Fsp3) is 0.394. The minimum Gasteiger partial charge on any atom is -0.507 e. The van der Waals surface area contributed by atoms with Gasteiger partial charge in [-0.25, -0.2) is 0 Å². The number of rotatable bonds is 6. The SMILES string of the molecule is CN(C)[C@H]1c2onc(OCc3ccccc3)c2C(O)=C2C(=O)[C@@H]3C4C=CC(C4[Si](C)(C)c4ccccc4)[C@@H]3C[C@H]21. The third-order valence-corrected chi connectivity index (χ3v) is 14.4. The Morgan fingerprint density at radius 3 is 2.40 bits per heavy atom. The van der Waals surface area contributed by atoms with Gasteiger partial charge in [-0.05, 0) is 54.5 Å². The Morgan fingerprint density at radius 1 is 1.02 bits per heavy atom. The highest BCUT2D eigenvalue weighted by Crippen LogP contribution is 2.65. The van der Waals surface area contributed by atoms with Gasteiger partial charge in [-0.3, -0.25) is 9.69 Å². The Balaban J connectivity index is 1.27. The van der Waals surface area contributed by atoms with Crippen molar-refractivity contribution < 1.29 is 19.2 Å². The molecule has 3 aromatic rings. The van der Waals surface area contributed by atoms with Crippen LogP contribution in [0, 0.1) is 29.6 Å². The summed E-state index contributed by atoms with van der Waals surface area (Å²) in [7, 11) is 2.13. The molecule has 0 spiro atoms. The molecule has 206 valence electrons. The molecule has 2 fully saturated rings. The summed E-state index contributed by atoms with van der Waals surface area (Å²) in [6, 6.07) is 20.5. The topological polar surface area (TPSA) is 75.8 Å². The number of carbonyl (C=O) groups excluding carboxylic acids is 1. The van der Waals surface area contributed by atoms with Gasteiger partial charge in [0.1, 0.15) is 17.9 Å². The van der Waals surface area contributed by atoms with E-state index in [4.69, 9.17) is 9.26 Å². The van der Waals surface area contributed by atoms with Crippen LogP contribution in [0.4, 0.5) is 0 Å². The number of hydrogen-bond donors (Lipinski definition) is 1. The maximum Gasteiger partial charge on any atom is 0.265 e. The molecule has 3 unspecified atom stereocenters. The molecule has 7 heteroatoms. The van der Waals surface area contributed by atoms with Crippen LogP contribution in [-0.4, -0.2) is 43.1 Å². The smallest absolute Gasteiger partial charge is 0.265 e. The second kappa shape index (κ2) is 9.31. The quantitative estimate of drug-likeness (QED) is 0.310. The summed E-state index contributed by atoms with van der Waals surface area (Å²) in [6.07, 6.45) is 5.56. The Labute approximate surface area is 236 Å². The molecule has 2 bridgehead atoms. The van der Waals surface area contributed by atoms with Crippen molar-refractivity contribution in [2.75, 3.05) is 14.1 Å². The number of carbonyl (C=O) groups is 1. The summed E-state index contributed by atoms with van der Waals surface area (Å²) in [5.41, 5.74) is 2.43. The first kappa shape index (κ1) is 25.5. The molecule has 6 nitrogen and oxygen atoms in total. The lowest BCUT2D eigenvalue weighted by Gasteiger charge is -2.43. The van der Waals surface area contributed by atoms with Crippen LogP contribution in [0.2, 0.25) is 18.6 Å². The number of aliphatic hydroxyl groups is 1. The Morgan fingerprint density at radius 2 is 1.70 bits per heavy atom. The van der Waals surface area contributed by atoms with Crippen LogP contribution < -0.4 is 9.92 Å². The van der Waals surface area contributed by atoms with Crippen molar-refractivity contribution in [2.45, 2.75) is 37.7 Å². The van der Waals surface area contributed by atoms with Crippen molar-refractivity contribution in [1.82, 2.24) is 10.1 Å². The van der Waals surface area contributed by atoms with Crippen LogP contribution in [0.3, 0.4) is 0 Å². The third-order valence-electron chi connectivity index (χ3n) is 10.2. The number of aromatic nitrogens is 1. The molecular weight excluding hydrogens is 516 g/mol. The lowest BCUT2D eigenvalue weighted by molar-refractivity contribution is -0.124. The third kappa shape index (κ3) is 3.63. The molecule has 0 radical (unpaired) electrons. The van der Waals surface area contributed by atoms with Crippen molar-refractivity contribution in [2.24, 2.45) is 29.6 Å². The van der Waals surface area contributed by atoms with Gasteiger partial charge in [-0.2, -0.15) is 0 Å². The van der Waals surface area contributed by atoms with E-state index in [1.807, 2.05) is 44.4 Å². The van der Waals surface area contributed by atoms with Crippen LogP contribution in [-0.2, 0) is 11.4 Å². The van der Waals surface area contributed by atoms with Crippen molar-refractivity contribution in [3.05, 3.63) is 95.3 Å². The summed E-state index contributed by atoms with van der Waals surface area (Å²) in [4.78, 5) is 16.6. The average molecular weight is 553 g/mol. The van der Waals surface area contributed by atoms with Crippen LogP contribution in [0.1, 0.15) is 29.3 Å². The molecule has 0 amide bonds. The Hall–Kier alpha value is -3.42. The van der Waals surface area contributed by atoms with E-state index in [1.54, 1.807) is 0 Å². The Kier molecular flexibility index (Phi) is 5.95. The molecule has 0 saturated heterocycles. The molecule has 7 rings (SSSR count).